The van der Waals surface area contributed by atoms with Crippen LogP contribution < -0.4 is 16.4 Å². The van der Waals surface area contributed by atoms with E-state index >= 15 is 0 Å². The van der Waals surface area contributed by atoms with Gasteiger partial charge in [-0.1, -0.05) is 6.07 Å². The lowest BCUT2D eigenvalue weighted by Gasteiger charge is -2.14. The zero-order valence-electron chi connectivity index (χ0n) is 10.8. The quantitative estimate of drug-likeness (QED) is 0.752. The number of benzene rings is 1. The van der Waals surface area contributed by atoms with E-state index in [1.54, 1.807) is 0 Å². The zero-order valence-corrected chi connectivity index (χ0v) is 11.6. The average molecular weight is 308 g/mol. The van der Waals surface area contributed by atoms with Crippen LogP contribution >= 0.6 is 12.4 Å². The third kappa shape index (κ3) is 5.10. The van der Waals surface area contributed by atoms with E-state index in [0.717, 1.165) is 0 Å². The van der Waals surface area contributed by atoms with Crippen LogP contribution in [0.25, 0.3) is 0 Å². The molecule has 1 aromatic rings. The monoisotopic (exact) mass is 307 g/mol. The van der Waals surface area contributed by atoms with Gasteiger partial charge in [-0.05, 0) is 18.2 Å². The normalized spacial score (nSPS) is 10.4. The number of alkyl halides is 2. The summed E-state index contributed by atoms with van der Waals surface area (Å²) in [5.41, 5.74) is 5.27. The molecule has 112 valence electrons. The lowest BCUT2D eigenvalue weighted by molar-refractivity contribution is 0.0118. The predicted octanol–water partition coefficient (Wildman–Crippen LogP) is 0.792. The highest BCUT2D eigenvalue weighted by molar-refractivity contribution is 5.99. The van der Waals surface area contributed by atoms with Crippen LogP contribution in [-0.4, -0.2) is 37.9 Å². The fourth-order valence-electron chi connectivity index (χ4n) is 1.33. The summed E-state index contributed by atoms with van der Waals surface area (Å²) >= 11 is 0. The molecule has 0 aliphatic rings. The summed E-state index contributed by atoms with van der Waals surface area (Å²) in [6.07, 6.45) is 0. The Morgan fingerprint density at radius 1 is 1.25 bits per heavy atom. The summed E-state index contributed by atoms with van der Waals surface area (Å²) < 4.78 is 25.8. The average Bonchev–Trinajstić information content (AvgIpc) is 2.44. The summed E-state index contributed by atoms with van der Waals surface area (Å²) in [6.45, 7) is -1.68. The van der Waals surface area contributed by atoms with Gasteiger partial charge in [0.25, 0.3) is 17.7 Å². The van der Waals surface area contributed by atoms with Gasteiger partial charge in [0.15, 0.2) is 0 Å². The Morgan fingerprint density at radius 3 is 2.30 bits per heavy atom. The van der Waals surface area contributed by atoms with E-state index in [2.05, 4.69) is 10.6 Å². The van der Waals surface area contributed by atoms with E-state index in [0.29, 0.717) is 0 Å². The Bertz CT molecular complexity index is 484. The Morgan fingerprint density at radius 2 is 1.80 bits per heavy atom. The molecule has 0 bridgehead atoms. The number of hydrogen-bond donors (Lipinski definition) is 3. The molecular weight excluding hydrogens is 292 g/mol. The fourth-order valence-corrected chi connectivity index (χ4v) is 1.33. The van der Waals surface area contributed by atoms with Crippen molar-refractivity contribution in [3.05, 3.63) is 35.4 Å². The molecule has 0 spiro atoms. The Labute approximate surface area is 121 Å². The van der Waals surface area contributed by atoms with Crippen molar-refractivity contribution < 1.29 is 18.4 Å². The van der Waals surface area contributed by atoms with Crippen LogP contribution in [0.2, 0.25) is 0 Å². The molecular formula is C12H16ClF2N3O2. The van der Waals surface area contributed by atoms with E-state index < -0.39 is 24.9 Å². The van der Waals surface area contributed by atoms with E-state index in [4.69, 9.17) is 5.73 Å². The second-order valence-corrected chi connectivity index (χ2v) is 3.90. The van der Waals surface area contributed by atoms with Crippen molar-refractivity contribution >= 4 is 24.2 Å². The summed E-state index contributed by atoms with van der Waals surface area (Å²) in [5.74, 6) is -4.19. The number of nitrogens with two attached hydrogens (primary N) is 1. The first-order valence-electron chi connectivity index (χ1n) is 5.58. The summed E-state index contributed by atoms with van der Waals surface area (Å²) in [5, 5.41) is 4.48. The number of rotatable bonds is 5. The SMILES string of the molecule is CNC(=O)c1cccc(C(=O)NCC(F)(F)CN)c1.Cl. The minimum Gasteiger partial charge on any atom is -0.355 e. The smallest absolute Gasteiger partial charge is 0.277 e. The predicted molar refractivity (Wildman–Crippen MR) is 73.4 cm³/mol. The van der Waals surface area contributed by atoms with Crippen LogP contribution in [0.3, 0.4) is 0 Å². The maximum Gasteiger partial charge on any atom is 0.277 e. The van der Waals surface area contributed by atoms with Crippen LogP contribution in [0.15, 0.2) is 24.3 Å². The molecule has 0 aromatic heterocycles. The molecule has 0 saturated heterocycles. The topological polar surface area (TPSA) is 84.2 Å². The molecule has 20 heavy (non-hydrogen) atoms. The first-order chi connectivity index (χ1) is 8.89. The van der Waals surface area contributed by atoms with Crippen molar-refractivity contribution in [2.75, 3.05) is 20.1 Å². The molecule has 0 fully saturated rings. The van der Waals surface area contributed by atoms with E-state index in [1.165, 1.54) is 31.3 Å². The molecule has 8 heteroatoms. The van der Waals surface area contributed by atoms with Gasteiger partial charge < -0.3 is 16.4 Å². The highest BCUT2D eigenvalue weighted by atomic mass is 35.5. The summed E-state index contributed by atoms with van der Waals surface area (Å²) in [4.78, 5) is 23.0. The second kappa shape index (κ2) is 7.76. The Hall–Kier alpha value is -1.73. The van der Waals surface area contributed by atoms with Crippen LogP contribution in [0, 0.1) is 0 Å². The second-order valence-electron chi connectivity index (χ2n) is 3.90. The number of hydrogen-bond acceptors (Lipinski definition) is 3. The van der Waals surface area contributed by atoms with E-state index in [9.17, 15) is 18.4 Å². The lowest BCUT2D eigenvalue weighted by Crippen LogP contribution is -2.41. The van der Waals surface area contributed by atoms with E-state index in [1.807, 2.05) is 0 Å². The zero-order chi connectivity index (χ0) is 14.5. The molecule has 5 nitrogen and oxygen atoms in total. The van der Waals surface area contributed by atoms with Gasteiger partial charge in [0, 0.05) is 18.2 Å². The van der Waals surface area contributed by atoms with Crippen molar-refractivity contribution in [3.8, 4) is 0 Å². The third-order valence-corrected chi connectivity index (χ3v) is 2.42. The number of amides is 2. The third-order valence-electron chi connectivity index (χ3n) is 2.42. The van der Waals surface area contributed by atoms with Crippen LogP contribution in [0.5, 0.6) is 0 Å². The van der Waals surface area contributed by atoms with E-state index in [-0.39, 0.29) is 29.4 Å². The van der Waals surface area contributed by atoms with Gasteiger partial charge in [0.2, 0.25) is 0 Å². The standard InChI is InChI=1S/C12H15F2N3O2.ClH/c1-16-10(18)8-3-2-4-9(5-8)11(19)17-7-12(13,14)6-15;/h2-5H,6-7,15H2,1H3,(H,16,18)(H,17,19);1H. The molecule has 0 aliphatic carbocycles. The van der Waals surface area contributed by atoms with Crippen molar-refractivity contribution in [2.45, 2.75) is 5.92 Å². The molecule has 0 heterocycles. The fraction of sp³-hybridized carbons (Fsp3) is 0.333. The van der Waals surface area contributed by atoms with Crippen LogP contribution in [-0.2, 0) is 0 Å². The molecule has 0 aliphatic heterocycles. The molecule has 0 atom stereocenters. The molecule has 0 unspecified atom stereocenters. The first kappa shape index (κ1) is 18.3. The number of halogens is 3. The number of carbonyl (C=O) groups is 2. The molecule has 0 radical (unpaired) electrons. The Kier molecular flexibility index (Phi) is 7.09. The van der Waals surface area contributed by atoms with Gasteiger partial charge >= 0.3 is 0 Å². The summed E-state index contributed by atoms with van der Waals surface area (Å²) in [6, 6.07) is 5.78. The molecule has 0 saturated carbocycles. The lowest BCUT2D eigenvalue weighted by atomic mass is 10.1. The minimum absolute atomic E-state index is 0. The van der Waals surface area contributed by atoms with Gasteiger partial charge in [-0.2, -0.15) is 0 Å². The molecule has 1 rings (SSSR count). The van der Waals surface area contributed by atoms with Gasteiger partial charge in [-0.15, -0.1) is 12.4 Å². The van der Waals surface area contributed by atoms with Crippen molar-refractivity contribution in [1.29, 1.82) is 0 Å². The summed E-state index contributed by atoms with van der Waals surface area (Å²) in [7, 11) is 1.46. The maximum absolute atomic E-state index is 12.9. The van der Waals surface area contributed by atoms with Gasteiger partial charge in [-0.3, -0.25) is 9.59 Å². The highest BCUT2D eigenvalue weighted by Gasteiger charge is 2.27. The first-order valence-corrected chi connectivity index (χ1v) is 5.58. The van der Waals surface area contributed by atoms with Crippen molar-refractivity contribution in [3.63, 3.8) is 0 Å². The van der Waals surface area contributed by atoms with Gasteiger partial charge in [0.1, 0.15) is 0 Å². The molecule has 4 N–H and O–H groups in total. The largest absolute Gasteiger partial charge is 0.355 e. The van der Waals surface area contributed by atoms with Gasteiger partial charge in [-0.25, -0.2) is 8.78 Å². The van der Waals surface area contributed by atoms with Crippen LogP contribution in [0.1, 0.15) is 20.7 Å². The highest BCUT2D eigenvalue weighted by Crippen LogP contribution is 2.10. The van der Waals surface area contributed by atoms with Crippen molar-refractivity contribution in [1.82, 2.24) is 10.6 Å². The molecule has 2 amide bonds. The number of carbonyl (C=O) groups excluding carboxylic acids is 2. The number of nitrogens with one attached hydrogen (secondary N) is 2. The maximum atomic E-state index is 12.9. The van der Waals surface area contributed by atoms with Crippen molar-refractivity contribution in [2.24, 2.45) is 5.73 Å². The minimum atomic E-state index is -3.14. The molecule has 1 aromatic carbocycles. The van der Waals surface area contributed by atoms with Gasteiger partial charge in [0.05, 0.1) is 13.1 Å². The van der Waals surface area contributed by atoms with Crippen LogP contribution in [0.4, 0.5) is 8.78 Å². The Balaban J connectivity index is 0.00000361.